The first-order chi connectivity index (χ1) is 13.7. The third-order valence-corrected chi connectivity index (χ3v) is 5.89. The van der Waals surface area contributed by atoms with Crippen molar-refractivity contribution in [2.45, 2.75) is 25.3 Å². The van der Waals surface area contributed by atoms with Crippen molar-refractivity contribution in [2.75, 3.05) is 23.9 Å². The van der Waals surface area contributed by atoms with Crippen molar-refractivity contribution in [2.24, 2.45) is 0 Å². The second-order valence-corrected chi connectivity index (χ2v) is 7.72. The van der Waals surface area contributed by atoms with Crippen LogP contribution in [0, 0.1) is 0 Å². The standard InChI is InChI=1S/C22H26N4OS/c27-22(26(28)19-6-2-1-3-7-19)24-18-11-14-25(15-12-18)13-10-17-16-23-21-9-5-4-8-20(17)21/h1-9,16,18,23,28H,10-15H2,(H,24,27). The molecular weight excluding hydrogens is 368 g/mol. The number of carbonyl (C=O) groups excluding carboxylic acids is 1. The molecule has 6 heteroatoms. The number of piperidine rings is 1. The molecule has 0 bridgehead atoms. The van der Waals surface area contributed by atoms with Crippen LogP contribution >= 0.6 is 12.8 Å². The van der Waals surface area contributed by atoms with Crippen LogP contribution in [0.1, 0.15) is 18.4 Å². The number of amides is 2. The Kier molecular flexibility index (Phi) is 5.88. The molecule has 1 aromatic heterocycles. The largest absolute Gasteiger partial charge is 0.361 e. The quantitative estimate of drug-likeness (QED) is 0.567. The Balaban J connectivity index is 1.24. The highest BCUT2D eigenvalue weighted by atomic mass is 32.1. The van der Waals surface area contributed by atoms with Crippen LogP contribution in [0.15, 0.2) is 60.8 Å². The summed E-state index contributed by atoms with van der Waals surface area (Å²) in [5.41, 5.74) is 3.35. The molecule has 2 amide bonds. The van der Waals surface area contributed by atoms with E-state index in [2.05, 4.69) is 58.5 Å². The van der Waals surface area contributed by atoms with Crippen LogP contribution in [0.3, 0.4) is 0 Å². The van der Waals surface area contributed by atoms with E-state index < -0.39 is 0 Å². The average Bonchev–Trinajstić information content (AvgIpc) is 3.16. The van der Waals surface area contributed by atoms with Crippen LogP contribution in [0.2, 0.25) is 0 Å². The molecule has 3 aromatic rings. The van der Waals surface area contributed by atoms with E-state index in [0.29, 0.717) is 0 Å². The van der Waals surface area contributed by atoms with Gasteiger partial charge in [0.2, 0.25) is 0 Å². The highest BCUT2D eigenvalue weighted by Crippen LogP contribution is 2.20. The molecule has 0 aliphatic carbocycles. The summed E-state index contributed by atoms with van der Waals surface area (Å²) in [7, 11) is 0. The van der Waals surface area contributed by atoms with E-state index in [-0.39, 0.29) is 12.1 Å². The maximum absolute atomic E-state index is 12.4. The number of hydrogen-bond donors (Lipinski definition) is 3. The number of urea groups is 1. The van der Waals surface area contributed by atoms with Gasteiger partial charge in [0.15, 0.2) is 0 Å². The molecule has 0 atom stereocenters. The minimum absolute atomic E-state index is 0.160. The number of anilines is 1. The van der Waals surface area contributed by atoms with Gasteiger partial charge in [0, 0.05) is 42.8 Å². The number of fused-ring (bicyclic) bond motifs is 1. The number of carbonyl (C=O) groups is 1. The molecule has 0 radical (unpaired) electrons. The van der Waals surface area contributed by atoms with Crippen LogP contribution in [-0.4, -0.2) is 41.6 Å². The highest BCUT2D eigenvalue weighted by molar-refractivity contribution is 7.82. The number of nitrogens with one attached hydrogen (secondary N) is 2. The zero-order chi connectivity index (χ0) is 19.3. The summed E-state index contributed by atoms with van der Waals surface area (Å²) in [6.07, 6.45) is 5.11. The summed E-state index contributed by atoms with van der Waals surface area (Å²) in [6.45, 7) is 3.06. The summed E-state index contributed by atoms with van der Waals surface area (Å²) < 4.78 is 1.38. The molecule has 0 spiro atoms. The number of hydrogen-bond acceptors (Lipinski definition) is 3. The minimum Gasteiger partial charge on any atom is -0.361 e. The monoisotopic (exact) mass is 394 g/mol. The Morgan fingerprint density at radius 1 is 1.11 bits per heavy atom. The lowest BCUT2D eigenvalue weighted by Crippen LogP contribution is -2.47. The first-order valence-corrected chi connectivity index (χ1v) is 10.2. The van der Waals surface area contributed by atoms with E-state index in [1.165, 1.54) is 20.8 Å². The molecule has 0 unspecified atom stereocenters. The van der Waals surface area contributed by atoms with Crippen molar-refractivity contribution in [3.8, 4) is 0 Å². The van der Waals surface area contributed by atoms with Gasteiger partial charge in [-0.3, -0.25) is 0 Å². The van der Waals surface area contributed by atoms with Crippen molar-refractivity contribution >= 4 is 35.4 Å². The number of rotatable bonds is 5. The van der Waals surface area contributed by atoms with E-state index in [0.717, 1.165) is 44.6 Å². The fourth-order valence-electron chi connectivity index (χ4n) is 3.84. The van der Waals surface area contributed by atoms with E-state index in [4.69, 9.17) is 0 Å². The lowest BCUT2D eigenvalue weighted by Gasteiger charge is -2.33. The highest BCUT2D eigenvalue weighted by Gasteiger charge is 2.22. The Hall–Kier alpha value is -2.44. The van der Waals surface area contributed by atoms with Gasteiger partial charge in [0.25, 0.3) is 0 Å². The van der Waals surface area contributed by atoms with Gasteiger partial charge in [-0.05, 0) is 43.0 Å². The summed E-state index contributed by atoms with van der Waals surface area (Å²) in [6, 6.07) is 18.0. The molecule has 0 saturated carbocycles. The fraction of sp³-hybridized carbons (Fsp3) is 0.318. The fourth-order valence-corrected chi connectivity index (χ4v) is 4.03. The number of aromatic nitrogens is 1. The maximum Gasteiger partial charge on any atom is 0.332 e. The van der Waals surface area contributed by atoms with E-state index >= 15 is 0 Å². The third kappa shape index (κ3) is 4.34. The van der Waals surface area contributed by atoms with Gasteiger partial charge in [0.1, 0.15) is 0 Å². The SMILES string of the molecule is O=C(NC1CCN(CCc2c[nH]c3ccccc23)CC1)N(S)c1ccccc1. The van der Waals surface area contributed by atoms with Crippen molar-refractivity contribution in [3.63, 3.8) is 0 Å². The zero-order valence-corrected chi connectivity index (χ0v) is 16.7. The molecule has 146 valence electrons. The second kappa shape index (κ2) is 8.71. The van der Waals surface area contributed by atoms with Crippen LogP contribution < -0.4 is 9.62 Å². The predicted octanol–water partition coefficient (Wildman–Crippen LogP) is 4.24. The topological polar surface area (TPSA) is 51.4 Å². The lowest BCUT2D eigenvalue weighted by molar-refractivity contribution is 0.197. The number of benzene rings is 2. The number of aromatic amines is 1. The predicted molar refractivity (Wildman–Crippen MR) is 118 cm³/mol. The zero-order valence-electron chi connectivity index (χ0n) is 15.8. The number of para-hydroxylation sites is 2. The van der Waals surface area contributed by atoms with E-state index in [1.54, 1.807) is 0 Å². The summed E-state index contributed by atoms with van der Waals surface area (Å²) in [5.74, 6) is 0. The van der Waals surface area contributed by atoms with Crippen LogP contribution in [0.5, 0.6) is 0 Å². The van der Waals surface area contributed by atoms with Gasteiger partial charge >= 0.3 is 6.03 Å². The summed E-state index contributed by atoms with van der Waals surface area (Å²) in [4.78, 5) is 18.3. The number of H-pyrrole nitrogens is 1. The first-order valence-electron chi connectivity index (χ1n) is 9.82. The van der Waals surface area contributed by atoms with Gasteiger partial charge in [-0.15, -0.1) is 0 Å². The Morgan fingerprint density at radius 2 is 1.82 bits per heavy atom. The Labute approximate surface area is 171 Å². The van der Waals surface area contributed by atoms with Crippen molar-refractivity contribution in [3.05, 3.63) is 66.4 Å². The number of thiol groups is 1. The van der Waals surface area contributed by atoms with Gasteiger partial charge in [0.05, 0.1) is 5.69 Å². The van der Waals surface area contributed by atoms with Gasteiger partial charge in [-0.25, -0.2) is 9.10 Å². The van der Waals surface area contributed by atoms with Gasteiger partial charge < -0.3 is 15.2 Å². The normalized spacial score (nSPS) is 15.6. The molecule has 5 nitrogen and oxygen atoms in total. The molecular formula is C22H26N4OS. The smallest absolute Gasteiger partial charge is 0.332 e. The molecule has 2 heterocycles. The molecule has 1 saturated heterocycles. The molecule has 1 aliphatic rings. The van der Waals surface area contributed by atoms with Crippen molar-refractivity contribution < 1.29 is 4.79 Å². The van der Waals surface area contributed by atoms with Crippen LogP contribution in [-0.2, 0) is 6.42 Å². The number of nitrogens with zero attached hydrogens (tertiary/aromatic N) is 2. The summed E-state index contributed by atoms with van der Waals surface area (Å²) in [5, 5.41) is 4.43. The van der Waals surface area contributed by atoms with Gasteiger partial charge in [-0.1, -0.05) is 49.2 Å². The second-order valence-electron chi connectivity index (χ2n) is 7.32. The lowest BCUT2D eigenvalue weighted by atomic mass is 10.0. The first kappa shape index (κ1) is 18.9. The average molecular weight is 395 g/mol. The Morgan fingerprint density at radius 3 is 2.61 bits per heavy atom. The molecule has 1 fully saturated rings. The van der Waals surface area contributed by atoms with Crippen molar-refractivity contribution in [1.29, 1.82) is 0 Å². The van der Waals surface area contributed by atoms with E-state index in [1.807, 2.05) is 30.3 Å². The summed E-state index contributed by atoms with van der Waals surface area (Å²) >= 11 is 4.34. The number of likely N-dealkylation sites (tertiary alicyclic amines) is 1. The van der Waals surface area contributed by atoms with Crippen LogP contribution in [0.4, 0.5) is 10.5 Å². The maximum atomic E-state index is 12.4. The van der Waals surface area contributed by atoms with E-state index in [9.17, 15) is 4.79 Å². The van der Waals surface area contributed by atoms with Crippen LogP contribution in [0.25, 0.3) is 10.9 Å². The Bertz CT molecular complexity index is 918. The minimum atomic E-state index is -0.160. The molecule has 4 rings (SSSR count). The molecule has 28 heavy (non-hydrogen) atoms. The molecule has 2 N–H and O–H groups in total. The van der Waals surface area contributed by atoms with Gasteiger partial charge in [-0.2, -0.15) is 0 Å². The molecule has 1 aliphatic heterocycles. The molecule has 2 aromatic carbocycles. The third-order valence-electron chi connectivity index (χ3n) is 5.48. The van der Waals surface area contributed by atoms with Crippen molar-refractivity contribution in [1.82, 2.24) is 15.2 Å².